The Balaban J connectivity index is 1.37. The van der Waals surface area contributed by atoms with Crippen LogP contribution in [0.3, 0.4) is 0 Å². The molecule has 5 nitrogen and oxygen atoms in total. The Morgan fingerprint density at radius 3 is 2.47 bits per heavy atom. The second-order valence-electron chi connectivity index (χ2n) is 9.27. The van der Waals surface area contributed by atoms with Gasteiger partial charge in [-0.3, -0.25) is 4.98 Å². The van der Waals surface area contributed by atoms with E-state index in [2.05, 4.69) is 108 Å². The number of aryl methyl sites for hydroxylation is 1. The number of nitrogens with zero attached hydrogens (tertiary/aromatic N) is 4. The van der Waals surface area contributed by atoms with Crippen LogP contribution >= 0.6 is 0 Å². The van der Waals surface area contributed by atoms with Crippen LogP contribution in [0.1, 0.15) is 25.2 Å². The SMILES string of the molecule is Cc1ccc2c(n1)oc1c(-c3cccc(C(C)(C)N4C=CN(c5ccccc5)C4)n3)cccc12. The van der Waals surface area contributed by atoms with Crippen molar-refractivity contribution in [3.63, 3.8) is 0 Å². The molecule has 0 N–H and O–H groups in total. The van der Waals surface area contributed by atoms with Crippen LogP contribution in [0, 0.1) is 6.92 Å². The minimum Gasteiger partial charge on any atom is -0.437 e. The molecule has 0 atom stereocenters. The zero-order valence-electron chi connectivity index (χ0n) is 19.6. The van der Waals surface area contributed by atoms with E-state index in [9.17, 15) is 0 Å². The van der Waals surface area contributed by atoms with Crippen LogP contribution in [0.2, 0.25) is 0 Å². The quantitative estimate of drug-likeness (QED) is 0.302. The molecule has 2 aromatic carbocycles. The zero-order chi connectivity index (χ0) is 23.3. The van der Waals surface area contributed by atoms with Gasteiger partial charge >= 0.3 is 0 Å². The summed E-state index contributed by atoms with van der Waals surface area (Å²) >= 11 is 0. The van der Waals surface area contributed by atoms with Gasteiger partial charge in [0.15, 0.2) is 0 Å². The number of para-hydroxylation sites is 2. The molecule has 0 fully saturated rings. The average Bonchev–Trinajstić information content (AvgIpc) is 3.50. The predicted molar refractivity (Wildman–Crippen MR) is 137 cm³/mol. The monoisotopic (exact) mass is 446 g/mol. The molecule has 34 heavy (non-hydrogen) atoms. The number of furan rings is 1. The summed E-state index contributed by atoms with van der Waals surface area (Å²) in [5.74, 6) is 0. The summed E-state index contributed by atoms with van der Waals surface area (Å²) in [6.45, 7) is 7.18. The summed E-state index contributed by atoms with van der Waals surface area (Å²) < 4.78 is 6.23. The maximum atomic E-state index is 6.23. The van der Waals surface area contributed by atoms with Crippen LogP contribution in [0.5, 0.6) is 0 Å². The Hall–Kier alpha value is -4.12. The summed E-state index contributed by atoms with van der Waals surface area (Å²) in [5, 5.41) is 2.09. The highest BCUT2D eigenvalue weighted by molar-refractivity contribution is 6.08. The van der Waals surface area contributed by atoms with Crippen LogP contribution in [0.25, 0.3) is 33.3 Å². The summed E-state index contributed by atoms with van der Waals surface area (Å²) in [4.78, 5) is 14.3. The van der Waals surface area contributed by atoms with Crippen molar-refractivity contribution in [1.82, 2.24) is 14.9 Å². The second-order valence-corrected chi connectivity index (χ2v) is 9.27. The van der Waals surface area contributed by atoms with Crippen molar-refractivity contribution in [3.8, 4) is 11.3 Å². The highest BCUT2D eigenvalue weighted by Gasteiger charge is 2.32. The molecule has 0 saturated carbocycles. The van der Waals surface area contributed by atoms with Gasteiger partial charge in [-0.1, -0.05) is 36.4 Å². The molecule has 0 spiro atoms. The van der Waals surface area contributed by atoms with Crippen molar-refractivity contribution in [2.75, 3.05) is 11.6 Å². The molecule has 0 aliphatic carbocycles. The van der Waals surface area contributed by atoms with Crippen LogP contribution in [-0.2, 0) is 5.54 Å². The highest BCUT2D eigenvalue weighted by Crippen LogP contribution is 2.36. The maximum Gasteiger partial charge on any atom is 0.227 e. The maximum absolute atomic E-state index is 6.23. The molecule has 4 heterocycles. The molecule has 0 unspecified atom stereocenters. The molecule has 3 aromatic heterocycles. The number of pyridine rings is 2. The Labute approximate surface area is 199 Å². The van der Waals surface area contributed by atoms with Gasteiger partial charge in [0.1, 0.15) is 5.58 Å². The molecule has 5 heteroatoms. The number of anilines is 1. The van der Waals surface area contributed by atoms with Gasteiger partial charge in [0.2, 0.25) is 5.71 Å². The predicted octanol–water partition coefficient (Wildman–Crippen LogP) is 6.84. The van der Waals surface area contributed by atoms with E-state index in [1.165, 1.54) is 5.69 Å². The fourth-order valence-corrected chi connectivity index (χ4v) is 4.62. The van der Waals surface area contributed by atoms with Crippen molar-refractivity contribution in [2.24, 2.45) is 0 Å². The van der Waals surface area contributed by atoms with E-state index in [0.717, 1.165) is 45.7 Å². The Morgan fingerprint density at radius 2 is 1.62 bits per heavy atom. The van der Waals surface area contributed by atoms with Crippen molar-refractivity contribution in [3.05, 3.63) is 103 Å². The first kappa shape index (κ1) is 20.5. The van der Waals surface area contributed by atoms with E-state index >= 15 is 0 Å². The van der Waals surface area contributed by atoms with Gasteiger partial charge in [0, 0.05) is 40.1 Å². The lowest BCUT2D eigenvalue weighted by atomic mass is 9.97. The third kappa shape index (κ3) is 3.32. The molecule has 5 aromatic rings. The molecule has 6 rings (SSSR count). The fraction of sp³-hybridized carbons (Fsp3) is 0.172. The standard InChI is InChI=1S/C29H26N4O/c1-20-15-16-23-22-11-7-12-24(27(22)34-28(23)30-20)25-13-8-14-26(31-25)29(2,3)33-18-17-32(19-33)21-9-5-4-6-10-21/h4-18H,19H2,1-3H3. The van der Waals surface area contributed by atoms with Gasteiger partial charge in [-0.05, 0) is 63.2 Å². The van der Waals surface area contributed by atoms with E-state index in [-0.39, 0.29) is 5.54 Å². The minimum atomic E-state index is -0.295. The highest BCUT2D eigenvalue weighted by atomic mass is 16.3. The lowest BCUT2D eigenvalue weighted by Crippen LogP contribution is -2.40. The summed E-state index contributed by atoms with van der Waals surface area (Å²) in [5.41, 5.74) is 6.21. The lowest BCUT2D eigenvalue weighted by Gasteiger charge is -2.36. The van der Waals surface area contributed by atoms with Gasteiger partial charge in [-0.15, -0.1) is 0 Å². The Kier molecular flexibility index (Phi) is 4.66. The van der Waals surface area contributed by atoms with Gasteiger partial charge < -0.3 is 14.2 Å². The topological polar surface area (TPSA) is 45.4 Å². The number of aromatic nitrogens is 2. The minimum absolute atomic E-state index is 0.295. The normalized spacial score (nSPS) is 14.0. The number of hydrogen-bond donors (Lipinski definition) is 0. The number of rotatable bonds is 4. The first-order chi connectivity index (χ1) is 16.5. The lowest BCUT2D eigenvalue weighted by molar-refractivity contribution is 0.196. The molecular weight excluding hydrogens is 420 g/mol. The summed E-state index contributed by atoms with van der Waals surface area (Å²) in [6, 6.07) is 27.0. The molecule has 0 radical (unpaired) electrons. The average molecular weight is 447 g/mol. The van der Waals surface area contributed by atoms with Crippen molar-refractivity contribution < 1.29 is 4.42 Å². The van der Waals surface area contributed by atoms with Crippen molar-refractivity contribution in [1.29, 1.82) is 0 Å². The first-order valence-corrected chi connectivity index (χ1v) is 11.5. The Morgan fingerprint density at radius 1 is 0.794 bits per heavy atom. The molecular formula is C29H26N4O. The first-order valence-electron chi connectivity index (χ1n) is 11.5. The molecule has 168 valence electrons. The van der Waals surface area contributed by atoms with Gasteiger partial charge in [0.25, 0.3) is 0 Å². The van der Waals surface area contributed by atoms with Crippen molar-refractivity contribution in [2.45, 2.75) is 26.3 Å². The molecule has 1 aliphatic heterocycles. The third-order valence-electron chi connectivity index (χ3n) is 6.69. The van der Waals surface area contributed by atoms with E-state index in [0.29, 0.717) is 5.71 Å². The van der Waals surface area contributed by atoms with E-state index < -0.39 is 0 Å². The second kappa shape index (κ2) is 7.73. The number of fused-ring (bicyclic) bond motifs is 3. The third-order valence-corrected chi connectivity index (χ3v) is 6.69. The summed E-state index contributed by atoms with van der Waals surface area (Å²) in [6.07, 6.45) is 4.28. The largest absolute Gasteiger partial charge is 0.437 e. The van der Waals surface area contributed by atoms with Gasteiger partial charge in [-0.2, -0.15) is 0 Å². The van der Waals surface area contributed by atoms with Crippen molar-refractivity contribution >= 4 is 27.8 Å². The van der Waals surface area contributed by atoms with E-state index in [1.54, 1.807) is 0 Å². The summed E-state index contributed by atoms with van der Waals surface area (Å²) in [7, 11) is 0. The Bertz CT molecular complexity index is 1530. The van der Waals surface area contributed by atoms with Gasteiger partial charge in [-0.25, -0.2) is 4.98 Å². The molecule has 0 bridgehead atoms. The molecule has 0 amide bonds. The van der Waals surface area contributed by atoms with E-state index in [4.69, 9.17) is 9.40 Å². The van der Waals surface area contributed by atoms with Crippen LogP contribution in [0.15, 0.2) is 95.7 Å². The number of hydrogen-bond acceptors (Lipinski definition) is 5. The zero-order valence-corrected chi connectivity index (χ0v) is 19.6. The smallest absolute Gasteiger partial charge is 0.227 e. The van der Waals surface area contributed by atoms with E-state index in [1.807, 2.05) is 19.1 Å². The molecule has 0 saturated heterocycles. The van der Waals surface area contributed by atoms with Crippen LogP contribution in [0.4, 0.5) is 5.69 Å². The van der Waals surface area contributed by atoms with Crippen LogP contribution < -0.4 is 4.90 Å². The fourth-order valence-electron chi connectivity index (χ4n) is 4.62. The number of benzene rings is 2. The van der Waals surface area contributed by atoms with Crippen LogP contribution in [-0.4, -0.2) is 21.5 Å². The van der Waals surface area contributed by atoms with Gasteiger partial charge in [0.05, 0.1) is 23.6 Å². The molecule has 1 aliphatic rings.